The van der Waals surface area contributed by atoms with Crippen molar-refractivity contribution in [3.63, 3.8) is 0 Å². The lowest BCUT2D eigenvalue weighted by molar-refractivity contribution is 0.00118. The maximum atomic E-state index is 5.95. The molecule has 3 N–H and O–H groups in total. The highest BCUT2D eigenvalue weighted by Gasteiger charge is 2.51. The smallest absolute Gasteiger partial charge is 0.128 e. The monoisotopic (exact) mass is 328 g/mol. The number of fused-ring (bicyclic) bond motifs is 1. The van der Waals surface area contributed by atoms with Gasteiger partial charge in [0.1, 0.15) is 5.82 Å². The molecule has 2 atom stereocenters. The molecule has 5 rings (SSSR count). The van der Waals surface area contributed by atoms with E-state index in [0.29, 0.717) is 29.3 Å². The SMILES string of the molecule is Cc1nc(N2CC3COCC3C2)ccc1NC1CC2(CC(N)C2)C1. The first-order valence-electron chi connectivity index (χ1n) is 9.43. The molecule has 3 heterocycles. The maximum absolute atomic E-state index is 5.95. The highest BCUT2D eigenvalue weighted by molar-refractivity contribution is 5.55. The summed E-state index contributed by atoms with van der Waals surface area (Å²) in [5, 5.41) is 3.70. The second-order valence-corrected chi connectivity index (χ2v) is 8.68. The first-order valence-corrected chi connectivity index (χ1v) is 9.43. The van der Waals surface area contributed by atoms with Crippen LogP contribution in [0.5, 0.6) is 0 Å². The zero-order valence-electron chi connectivity index (χ0n) is 14.5. The van der Waals surface area contributed by atoms with Gasteiger partial charge in [-0.15, -0.1) is 0 Å². The number of anilines is 2. The summed E-state index contributed by atoms with van der Waals surface area (Å²) in [6.07, 6.45) is 5.00. The molecule has 0 aromatic carbocycles. The van der Waals surface area contributed by atoms with Gasteiger partial charge in [-0.1, -0.05) is 0 Å². The molecule has 4 aliphatic rings. The highest BCUT2D eigenvalue weighted by Crippen LogP contribution is 2.55. The van der Waals surface area contributed by atoms with Gasteiger partial charge in [0.05, 0.1) is 24.6 Å². The Hall–Kier alpha value is -1.33. The first kappa shape index (κ1) is 15.0. The molecule has 24 heavy (non-hydrogen) atoms. The molecule has 2 unspecified atom stereocenters. The fraction of sp³-hybridized carbons (Fsp3) is 0.737. The largest absolute Gasteiger partial charge is 0.381 e. The number of aromatic nitrogens is 1. The fourth-order valence-electron chi connectivity index (χ4n) is 5.44. The topological polar surface area (TPSA) is 63.4 Å². The van der Waals surface area contributed by atoms with E-state index in [2.05, 4.69) is 29.3 Å². The van der Waals surface area contributed by atoms with E-state index in [0.717, 1.165) is 37.8 Å². The minimum atomic E-state index is 0.457. The lowest BCUT2D eigenvalue weighted by Gasteiger charge is -2.57. The molecule has 0 amide bonds. The van der Waals surface area contributed by atoms with Gasteiger partial charge in [-0.3, -0.25) is 0 Å². The summed E-state index contributed by atoms with van der Waals surface area (Å²) in [6, 6.07) is 5.47. The molecule has 5 nitrogen and oxygen atoms in total. The number of pyridine rings is 1. The van der Waals surface area contributed by atoms with Crippen LogP contribution in [-0.4, -0.2) is 43.4 Å². The highest BCUT2D eigenvalue weighted by atomic mass is 16.5. The number of ether oxygens (including phenoxy) is 1. The first-order chi connectivity index (χ1) is 11.6. The van der Waals surface area contributed by atoms with Crippen molar-refractivity contribution in [2.75, 3.05) is 36.5 Å². The molecule has 2 aliphatic carbocycles. The number of nitrogens with two attached hydrogens (primary N) is 1. The van der Waals surface area contributed by atoms with Crippen LogP contribution >= 0.6 is 0 Å². The Labute approximate surface area is 144 Å². The van der Waals surface area contributed by atoms with Crippen molar-refractivity contribution in [3.8, 4) is 0 Å². The minimum Gasteiger partial charge on any atom is -0.381 e. The maximum Gasteiger partial charge on any atom is 0.128 e. The van der Waals surface area contributed by atoms with Crippen molar-refractivity contribution in [2.24, 2.45) is 23.0 Å². The predicted octanol–water partition coefficient (Wildman–Crippen LogP) is 2.15. The van der Waals surface area contributed by atoms with Gasteiger partial charge in [-0.25, -0.2) is 4.98 Å². The third kappa shape index (κ3) is 2.40. The Morgan fingerprint density at radius 2 is 1.88 bits per heavy atom. The molecule has 1 spiro atoms. The van der Waals surface area contributed by atoms with Gasteiger partial charge < -0.3 is 20.7 Å². The van der Waals surface area contributed by atoms with Crippen LogP contribution in [0.15, 0.2) is 12.1 Å². The van der Waals surface area contributed by atoms with Crippen LogP contribution in [0.3, 0.4) is 0 Å². The van der Waals surface area contributed by atoms with E-state index in [9.17, 15) is 0 Å². The van der Waals surface area contributed by atoms with Crippen molar-refractivity contribution in [2.45, 2.75) is 44.7 Å². The second kappa shape index (κ2) is 5.33. The van der Waals surface area contributed by atoms with Crippen molar-refractivity contribution in [1.29, 1.82) is 0 Å². The molecule has 1 aromatic heterocycles. The summed E-state index contributed by atoms with van der Waals surface area (Å²) >= 11 is 0. The van der Waals surface area contributed by atoms with Gasteiger partial charge in [0.2, 0.25) is 0 Å². The van der Waals surface area contributed by atoms with Gasteiger partial charge in [0, 0.05) is 37.0 Å². The van der Waals surface area contributed by atoms with Crippen molar-refractivity contribution < 1.29 is 4.74 Å². The number of hydrogen-bond acceptors (Lipinski definition) is 5. The Morgan fingerprint density at radius 1 is 1.17 bits per heavy atom. The Balaban J connectivity index is 1.21. The lowest BCUT2D eigenvalue weighted by Crippen LogP contribution is -2.57. The second-order valence-electron chi connectivity index (χ2n) is 8.68. The third-order valence-corrected chi connectivity index (χ3v) is 6.74. The molecule has 1 aromatic rings. The van der Waals surface area contributed by atoms with Gasteiger partial charge in [0.15, 0.2) is 0 Å². The zero-order chi connectivity index (χ0) is 16.3. The molecule has 5 heteroatoms. The third-order valence-electron chi connectivity index (χ3n) is 6.74. The summed E-state index contributed by atoms with van der Waals surface area (Å²) < 4.78 is 5.57. The van der Waals surface area contributed by atoms with E-state index < -0.39 is 0 Å². The summed E-state index contributed by atoms with van der Waals surface area (Å²) in [5.41, 5.74) is 8.85. The van der Waals surface area contributed by atoms with Crippen LogP contribution in [0.25, 0.3) is 0 Å². The molecule has 2 saturated heterocycles. The quantitative estimate of drug-likeness (QED) is 0.890. The van der Waals surface area contributed by atoms with E-state index in [1.54, 1.807) is 0 Å². The van der Waals surface area contributed by atoms with Crippen LogP contribution in [-0.2, 0) is 4.74 Å². The Kier molecular flexibility index (Phi) is 3.33. The Bertz CT molecular complexity index is 622. The van der Waals surface area contributed by atoms with Crippen molar-refractivity contribution in [3.05, 3.63) is 17.8 Å². The number of nitrogens with zero attached hydrogens (tertiary/aromatic N) is 2. The summed E-state index contributed by atoms with van der Waals surface area (Å²) in [7, 11) is 0. The normalized spacial score (nSPS) is 40.3. The number of rotatable bonds is 3. The number of nitrogens with one attached hydrogen (secondary N) is 1. The number of hydrogen-bond donors (Lipinski definition) is 2. The van der Waals surface area contributed by atoms with Crippen molar-refractivity contribution >= 4 is 11.5 Å². The molecular weight excluding hydrogens is 300 g/mol. The van der Waals surface area contributed by atoms with E-state index in [-0.39, 0.29) is 0 Å². The zero-order valence-corrected chi connectivity index (χ0v) is 14.5. The summed E-state index contributed by atoms with van der Waals surface area (Å²) in [6.45, 7) is 6.16. The molecule has 0 radical (unpaired) electrons. The summed E-state index contributed by atoms with van der Waals surface area (Å²) in [4.78, 5) is 7.31. The van der Waals surface area contributed by atoms with Crippen LogP contribution in [0.2, 0.25) is 0 Å². The van der Waals surface area contributed by atoms with Gasteiger partial charge in [-0.2, -0.15) is 0 Å². The van der Waals surface area contributed by atoms with Gasteiger partial charge in [0.25, 0.3) is 0 Å². The van der Waals surface area contributed by atoms with E-state index in [4.69, 9.17) is 15.5 Å². The average Bonchev–Trinajstić information content (AvgIpc) is 3.06. The van der Waals surface area contributed by atoms with E-state index >= 15 is 0 Å². The van der Waals surface area contributed by atoms with E-state index in [1.165, 1.54) is 31.4 Å². The molecule has 2 saturated carbocycles. The van der Waals surface area contributed by atoms with Crippen LogP contribution in [0.4, 0.5) is 11.5 Å². The molecule has 0 bridgehead atoms. The molecular formula is C19H28N4O. The van der Waals surface area contributed by atoms with Crippen LogP contribution < -0.4 is 16.0 Å². The van der Waals surface area contributed by atoms with Gasteiger partial charge >= 0.3 is 0 Å². The minimum absolute atomic E-state index is 0.457. The number of aryl methyl sites for hydroxylation is 1. The Morgan fingerprint density at radius 3 is 2.50 bits per heavy atom. The molecule has 130 valence electrons. The molecule has 2 aliphatic heterocycles. The standard InChI is InChI=1S/C19H28N4O/c1-12-17(22-16-6-19(7-16)4-15(20)5-19)2-3-18(21-12)23-8-13-10-24-11-14(13)9-23/h2-3,13-16,22H,4-11,20H2,1H3. The van der Waals surface area contributed by atoms with Crippen LogP contribution in [0.1, 0.15) is 31.4 Å². The van der Waals surface area contributed by atoms with Crippen LogP contribution in [0, 0.1) is 24.2 Å². The lowest BCUT2D eigenvalue weighted by atomic mass is 9.52. The van der Waals surface area contributed by atoms with Crippen molar-refractivity contribution in [1.82, 2.24) is 4.98 Å². The molecule has 4 fully saturated rings. The van der Waals surface area contributed by atoms with Gasteiger partial charge in [-0.05, 0) is 50.2 Å². The fourth-order valence-corrected chi connectivity index (χ4v) is 5.44. The van der Waals surface area contributed by atoms with E-state index in [1.807, 2.05) is 0 Å². The summed E-state index contributed by atoms with van der Waals surface area (Å²) in [5.74, 6) is 2.53. The predicted molar refractivity (Wildman–Crippen MR) is 95.3 cm³/mol. The average molecular weight is 328 g/mol.